The van der Waals surface area contributed by atoms with Crippen molar-refractivity contribution >= 4 is 5.97 Å². The first-order chi connectivity index (χ1) is 10.7. The Kier molecular flexibility index (Phi) is 4.79. The van der Waals surface area contributed by atoms with Gasteiger partial charge in [-0.2, -0.15) is 0 Å². The van der Waals surface area contributed by atoms with Gasteiger partial charge in [-0.15, -0.1) is 0 Å². The Labute approximate surface area is 131 Å². The third-order valence-electron chi connectivity index (χ3n) is 5.03. The van der Waals surface area contributed by atoms with Crippen LogP contribution in [-0.4, -0.2) is 29.3 Å². The summed E-state index contributed by atoms with van der Waals surface area (Å²) in [7, 11) is 0. The van der Waals surface area contributed by atoms with Crippen LogP contribution in [-0.2, 0) is 11.3 Å². The zero-order valence-corrected chi connectivity index (χ0v) is 13.0. The SMILES string of the molecule is O=C(O)c1cccc(CNC2CCOC3(CCCCC3)C2)c1. The van der Waals surface area contributed by atoms with E-state index in [2.05, 4.69) is 5.32 Å². The number of nitrogens with one attached hydrogen (secondary N) is 1. The van der Waals surface area contributed by atoms with Crippen molar-refractivity contribution in [1.29, 1.82) is 0 Å². The Hall–Kier alpha value is -1.39. The van der Waals surface area contributed by atoms with Gasteiger partial charge in [0.15, 0.2) is 0 Å². The first-order valence-corrected chi connectivity index (χ1v) is 8.36. The van der Waals surface area contributed by atoms with Gasteiger partial charge in [-0.3, -0.25) is 0 Å². The first kappa shape index (κ1) is 15.5. The molecule has 1 unspecified atom stereocenters. The summed E-state index contributed by atoms with van der Waals surface area (Å²) in [5.41, 5.74) is 1.50. The highest BCUT2D eigenvalue weighted by atomic mass is 16.5. The van der Waals surface area contributed by atoms with Crippen molar-refractivity contribution in [3.8, 4) is 0 Å². The highest BCUT2D eigenvalue weighted by Gasteiger charge is 2.38. The van der Waals surface area contributed by atoms with Crippen LogP contribution in [0.1, 0.15) is 60.9 Å². The fraction of sp³-hybridized carbons (Fsp3) is 0.611. The van der Waals surface area contributed by atoms with Crippen LogP contribution in [0.3, 0.4) is 0 Å². The fourth-order valence-electron chi connectivity index (χ4n) is 3.82. The molecule has 1 spiro atoms. The van der Waals surface area contributed by atoms with Gasteiger partial charge >= 0.3 is 5.97 Å². The van der Waals surface area contributed by atoms with Crippen molar-refractivity contribution in [2.24, 2.45) is 0 Å². The van der Waals surface area contributed by atoms with E-state index in [9.17, 15) is 4.79 Å². The van der Waals surface area contributed by atoms with E-state index in [0.717, 1.165) is 31.6 Å². The summed E-state index contributed by atoms with van der Waals surface area (Å²) in [5, 5.41) is 12.7. The summed E-state index contributed by atoms with van der Waals surface area (Å²) in [4.78, 5) is 11.0. The zero-order chi connectivity index (χ0) is 15.4. The van der Waals surface area contributed by atoms with Gasteiger partial charge in [0.25, 0.3) is 0 Å². The van der Waals surface area contributed by atoms with E-state index in [-0.39, 0.29) is 5.60 Å². The minimum Gasteiger partial charge on any atom is -0.478 e. The topological polar surface area (TPSA) is 58.6 Å². The third kappa shape index (κ3) is 3.68. The molecule has 1 heterocycles. The molecule has 3 rings (SSSR count). The molecule has 1 saturated heterocycles. The Morgan fingerprint density at radius 2 is 2.14 bits per heavy atom. The quantitative estimate of drug-likeness (QED) is 0.895. The number of carboxylic acids is 1. The summed E-state index contributed by atoms with van der Waals surface area (Å²) < 4.78 is 6.12. The Morgan fingerprint density at radius 3 is 2.91 bits per heavy atom. The van der Waals surface area contributed by atoms with E-state index in [1.807, 2.05) is 12.1 Å². The maximum absolute atomic E-state index is 11.0. The monoisotopic (exact) mass is 303 g/mol. The molecular weight excluding hydrogens is 278 g/mol. The normalized spacial score (nSPS) is 24.3. The molecule has 2 aliphatic rings. The van der Waals surface area contributed by atoms with Crippen LogP contribution in [0.2, 0.25) is 0 Å². The summed E-state index contributed by atoms with van der Waals surface area (Å²) >= 11 is 0. The van der Waals surface area contributed by atoms with Gasteiger partial charge in [0.2, 0.25) is 0 Å². The third-order valence-corrected chi connectivity index (χ3v) is 5.03. The molecule has 22 heavy (non-hydrogen) atoms. The lowest BCUT2D eigenvalue weighted by molar-refractivity contribution is -0.109. The molecule has 120 valence electrons. The highest BCUT2D eigenvalue weighted by molar-refractivity contribution is 5.87. The summed E-state index contributed by atoms with van der Waals surface area (Å²) in [6, 6.07) is 7.66. The molecule has 1 aliphatic carbocycles. The van der Waals surface area contributed by atoms with Gasteiger partial charge in [-0.1, -0.05) is 31.4 Å². The zero-order valence-electron chi connectivity index (χ0n) is 13.0. The van der Waals surface area contributed by atoms with Crippen LogP contribution < -0.4 is 5.32 Å². The Balaban J connectivity index is 1.57. The second kappa shape index (κ2) is 6.80. The van der Waals surface area contributed by atoms with Crippen LogP contribution >= 0.6 is 0 Å². The van der Waals surface area contributed by atoms with E-state index in [0.29, 0.717) is 11.6 Å². The molecule has 4 nitrogen and oxygen atoms in total. The van der Waals surface area contributed by atoms with E-state index >= 15 is 0 Å². The number of hydrogen-bond acceptors (Lipinski definition) is 3. The van der Waals surface area contributed by atoms with Crippen molar-refractivity contribution in [3.63, 3.8) is 0 Å². The Bertz CT molecular complexity index is 517. The van der Waals surface area contributed by atoms with E-state index in [1.54, 1.807) is 12.1 Å². The molecule has 0 radical (unpaired) electrons. The van der Waals surface area contributed by atoms with Crippen LogP contribution in [0.4, 0.5) is 0 Å². The molecule has 0 amide bonds. The lowest BCUT2D eigenvalue weighted by Crippen LogP contribution is -2.47. The minimum absolute atomic E-state index is 0.108. The van der Waals surface area contributed by atoms with Crippen molar-refractivity contribution in [3.05, 3.63) is 35.4 Å². The number of aromatic carboxylic acids is 1. The maximum Gasteiger partial charge on any atom is 0.335 e. The molecule has 2 N–H and O–H groups in total. The van der Waals surface area contributed by atoms with Crippen LogP contribution in [0.5, 0.6) is 0 Å². The van der Waals surface area contributed by atoms with E-state index in [4.69, 9.17) is 9.84 Å². The minimum atomic E-state index is -0.867. The molecule has 1 atom stereocenters. The van der Waals surface area contributed by atoms with Gasteiger partial charge in [-0.05, 0) is 43.4 Å². The summed E-state index contributed by atoms with van der Waals surface area (Å²) in [5.74, 6) is -0.867. The van der Waals surface area contributed by atoms with Crippen molar-refractivity contribution < 1.29 is 14.6 Å². The second-order valence-corrected chi connectivity index (χ2v) is 6.67. The average molecular weight is 303 g/mol. The average Bonchev–Trinajstić information content (AvgIpc) is 2.54. The van der Waals surface area contributed by atoms with Crippen molar-refractivity contribution in [2.45, 2.75) is 63.1 Å². The first-order valence-electron chi connectivity index (χ1n) is 8.36. The molecule has 4 heteroatoms. The summed E-state index contributed by atoms with van der Waals surface area (Å²) in [6.07, 6.45) is 8.43. The van der Waals surface area contributed by atoms with Crippen LogP contribution in [0, 0.1) is 0 Å². The van der Waals surface area contributed by atoms with Gasteiger partial charge in [-0.25, -0.2) is 4.79 Å². The van der Waals surface area contributed by atoms with Crippen molar-refractivity contribution in [1.82, 2.24) is 5.32 Å². The Morgan fingerprint density at radius 1 is 1.32 bits per heavy atom. The molecule has 1 saturated carbocycles. The van der Waals surface area contributed by atoms with Crippen LogP contribution in [0.15, 0.2) is 24.3 Å². The highest BCUT2D eigenvalue weighted by Crippen LogP contribution is 2.38. The molecule has 0 bridgehead atoms. The molecule has 1 aliphatic heterocycles. The van der Waals surface area contributed by atoms with Gasteiger partial charge < -0.3 is 15.2 Å². The molecular formula is C18H25NO3. The maximum atomic E-state index is 11.0. The van der Waals surface area contributed by atoms with Gasteiger partial charge in [0.05, 0.1) is 11.2 Å². The van der Waals surface area contributed by atoms with Crippen LogP contribution in [0.25, 0.3) is 0 Å². The number of benzene rings is 1. The number of ether oxygens (including phenoxy) is 1. The smallest absolute Gasteiger partial charge is 0.335 e. The van der Waals surface area contributed by atoms with E-state index in [1.165, 1.54) is 32.1 Å². The molecule has 2 fully saturated rings. The molecule has 1 aromatic carbocycles. The molecule has 0 aromatic heterocycles. The van der Waals surface area contributed by atoms with Gasteiger partial charge in [0, 0.05) is 19.2 Å². The predicted octanol–water partition coefficient (Wildman–Crippen LogP) is 3.36. The number of carboxylic acid groups (broad SMARTS) is 1. The van der Waals surface area contributed by atoms with E-state index < -0.39 is 5.97 Å². The molecule has 1 aromatic rings. The standard InChI is InChI=1S/C18H25NO3/c20-17(21)15-6-4-5-14(11-15)13-19-16-7-10-22-18(12-16)8-2-1-3-9-18/h4-6,11,16,19H,1-3,7-10,12-13H2,(H,20,21). The number of carbonyl (C=O) groups is 1. The van der Waals surface area contributed by atoms with Gasteiger partial charge in [0.1, 0.15) is 0 Å². The second-order valence-electron chi connectivity index (χ2n) is 6.67. The van der Waals surface area contributed by atoms with Crippen molar-refractivity contribution in [2.75, 3.05) is 6.61 Å². The summed E-state index contributed by atoms with van der Waals surface area (Å²) in [6.45, 7) is 1.56. The largest absolute Gasteiger partial charge is 0.478 e. The lowest BCUT2D eigenvalue weighted by Gasteiger charge is -2.43. The fourth-order valence-corrected chi connectivity index (χ4v) is 3.82. The predicted molar refractivity (Wildman–Crippen MR) is 85.0 cm³/mol. The number of hydrogen-bond donors (Lipinski definition) is 2. The number of rotatable bonds is 4. The lowest BCUT2D eigenvalue weighted by atomic mass is 9.78.